The highest BCUT2D eigenvalue weighted by Gasteiger charge is 2.58. The van der Waals surface area contributed by atoms with Gasteiger partial charge in [0.2, 0.25) is 0 Å². The molecule has 2 aromatic heterocycles. The maximum absolute atomic E-state index is 14.4. The molecule has 3 aromatic rings. The molecule has 176 valence electrons. The van der Waals surface area contributed by atoms with Gasteiger partial charge in [-0.3, -0.25) is 0 Å². The van der Waals surface area contributed by atoms with Crippen molar-refractivity contribution in [2.75, 3.05) is 6.61 Å². The van der Waals surface area contributed by atoms with Crippen LogP contribution in [0.5, 0.6) is 0 Å². The Balaban J connectivity index is 1.55. The van der Waals surface area contributed by atoms with Crippen molar-refractivity contribution >= 4 is 22.6 Å². The quantitative estimate of drug-likeness (QED) is 0.539. The fourth-order valence-electron chi connectivity index (χ4n) is 4.58. The Morgan fingerprint density at radius 2 is 1.91 bits per heavy atom. The van der Waals surface area contributed by atoms with Crippen LogP contribution in [-0.2, 0) is 20.1 Å². The summed E-state index contributed by atoms with van der Waals surface area (Å²) < 4.78 is 48.8. The second-order valence-corrected chi connectivity index (χ2v) is 8.93. The number of aromatic nitrogens is 3. The van der Waals surface area contributed by atoms with Crippen LogP contribution in [0, 0.1) is 0 Å². The van der Waals surface area contributed by atoms with Crippen LogP contribution in [0.3, 0.4) is 0 Å². The Morgan fingerprint density at radius 3 is 2.67 bits per heavy atom. The molecule has 4 heterocycles. The van der Waals surface area contributed by atoms with Gasteiger partial charge in [-0.1, -0.05) is 35.9 Å². The van der Waals surface area contributed by atoms with Crippen LogP contribution in [0.15, 0.2) is 42.9 Å². The molecule has 0 amide bonds. The van der Waals surface area contributed by atoms with E-state index in [1.807, 2.05) is 0 Å². The molecular weight excluding hydrogens is 460 g/mol. The molecule has 0 saturated carbocycles. The minimum Gasteiger partial charge on any atom is -0.390 e. The third kappa shape index (κ3) is 3.71. The molecule has 1 aromatic carbocycles. The van der Waals surface area contributed by atoms with Crippen molar-refractivity contribution in [3.05, 3.63) is 59.1 Å². The lowest BCUT2D eigenvalue weighted by atomic mass is 9.92. The van der Waals surface area contributed by atoms with Crippen molar-refractivity contribution < 1.29 is 33.2 Å². The number of rotatable bonds is 5. The van der Waals surface area contributed by atoms with E-state index in [4.69, 9.17) is 25.8 Å². The second kappa shape index (κ2) is 7.93. The predicted molar refractivity (Wildman–Crippen MR) is 113 cm³/mol. The Bertz CT molecular complexity index is 1190. The lowest BCUT2D eigenvalue weighted by Crippen LogP contribution is -2.35. The summed E-state index contributed by atoms with van der Waals surface area (Å²) in [4.78, 5) is 8.26. The number of hydrogen-bond acceptors (Lipinski definition) is 7. The van der Waals surface area contributed by atoms with E-state index in [0.717, 1.165) is 0 Å². The summed E-state index contributed by atoms with van der Waals surface area (Å²) >= 11 is 6.17. The molecule has 0 spiro atoms. The molecule has 2 aliphatic heterocycles. The van der Waals surface area contributed by atoms with Crippen LogP contribution in [-0.4, -0.2) is 55.5 Å². The number of ether oxygens (including phenoxy) is 3. The number of halogens is 3. The maximum Gasteiger partial charge on any atom is 0.296 e. The van der Waals surface area contributed by atoms with Gasteiger partial charge >= 0.3 is 0 Å². The first-order chi connectivity index (χ1) is 15.6. The van der Waals surface area contributed by atoms with Crippen molar-refractivity contribution in [3.63, 3.8) is 0 Å². The zero-order chi connectivity index (χ0) is 23.5. The number of aliphatic hydroxyl groups is 2. The van der Waals surface area contributed by atoms with Gasteiger partial charge in [-0.2, -0.15) is 8.78 Å². The Labute approximate surface area is 192 Å². The van der Waals surface area contributed by atoms with Crippen LogP contribution in [0.2, 0.25) is 5.15 Å². The number of hydrogen-bond donors (Lipinski definition) is 2. The number of fused-ring (bicyclic) bond motifs is 2. The lowest BCUT2D eigenvalue weighted by Gasteiger charge is -2.29. The summed E-state index contributed by atoms with van der Waals surface area (Å²) in [5.74, 6) is -4.52. The van der Waals surface area contributed by atoms with Gasteiger partial charge in [0.15, 0.2) is 12.0 Å². The van der Waals surface area contributed by atoms with E-state index >= 15 is 0 Å². The third-order valence-electron chi connectivity index (χ3n) is 5.98. The molecule has 8 nitrogen and oxygen atoms in total. The van der Waals surface area contributed by atoms with E-state index in [9.17, 15) is 19.0 Å². The smallest absolute Gasteiger partial charge is 0.296 e. The summed E-state index contributed by atoms with van der Waals surface area (Å²) in [5, 5.41) is 21.3. The molecule has 5 rings (SSSR count). The average Bonchev–Trinajstić information content (AvgIpc) is 3.44. The first kappa shape index (κ1) is 22.6. The van der Waals surface area contributed by atoms with E-state index in [0.29, 0.717) is 11.0 Å². The molecule has 2 N–H and O–H groups in total. The van der Waals surface area contributed by atoms with Gasteiger partial charge in [0, 0.05) is 11.8 Å². The summed E-state index contributed by atoms with van der Waals surface area (Å²) in [7, 11) is 0. The molecular formula is C22H22ClF2N3O5. The highest BCUT2D eigenvalue weighted by Crippen LogP contribution is 2.48. The highest BCUT2D eigenvalue weighted by molar-refractivity contribution is 6.33. The van der Waals surface area contributed by atoms with Crippen molar-refractivity contribution in [2.45, 2.75) is 56.2 Å². The Kier molecular flexibility index (Phi) is 5.43. The standard InChI is InChI=1S/C22H22ClF2N3O5/c1-21(2)32-16-15(14(30)11-5-3-4-6-13(11)22(24,25)9-29)31-20(17(16)33-21)28-8-7-12-18(23)26-10-27-19(12)28/h3-8,10,14-17,20,29-30H,9H2,1-2H3/t14-,15?,16-,17-,20-/m1/s1. The van der Waals surface area contributed by atoms with E-state index in [1.54, 1.807) is 30.7 Å². The van der Waals surface area contributed by atoms with E-state index < -0.39 is 54.5 Å². The molecule has 2 saturated heterocycles. The van der Waals surface area contributed by atoms with Crippen molar-refractivity contribution in [3.8, 4) is 0 Å². The first-order valence-corrected chi connectivity index (χ1v) is 10.7. The van der Waals surface area contributed by atoms with E-state index in [-0.39, 0.29) is 10.7 Å². The fraction of sp³-hybridized carbons (Fsp3) is 0.455. The summed E-state index contributed by atoms with van der Waals surface area (Å²) in [5.41, 5.74) is -0.0425. The molecule has 0 bridgehead atoms. The molecule has 1 unspecified atom stereocenters. The zero-order valence-corrected chi connectivity index (χ0v) is 18.5. The zero-order valence-electron chi connectivity index (χ0n) is 17.7. The van der Waals surface area contributed by atoms with Crippen LogP contribution < -0.4 is 0 Å². The second-order valence-electron chi connectivity index (χ2n) is 8.58. The summed E-state index contributed by atoms with van der Waals surface area (Å²) in [6.07, 6.45) is -1.67. The first-order valence-electron chi connectivity index (χ1n) is 10.4. The van der Waals surface area contributed by atoms with Crippen molar-refractivity contribution in [2.24, 2.45) is 0 Å². The Hall–Kier alpha value is -2.21. The van der Waals surface area contributed by atoms with E-state index in [1.165, 1.54) is 30.6 Å². The number of nitrogens with zero attached hydrogens (tertiary/aromatic N) is 3. The van der Waals surface area contributed by atoms with E-state index in [2.05, 4.69) is 9.97 Å². The largest absolute Gasteiger partial charge is 0.390 e. The molecule has 0 aliphatic carbocycles. The van der Waals surface area contributed by atoms with Gasteiger partial charge < -0.3 is 29.0 Å². The van der Waals surface area contributed by atoms with Gasteiger partial charge in [0.05, 0.1) is 5.39 Å². The normalized spacial score (nSPS) is 27.7. The summed E-state index contributed by atoms with van der Waals surface area (Å²) in [6, 6.07) is 7.25. The SMILES string of the molecule is CC1(C)O[C@@H]2[C@H](O1)C([C@H](O)c1ccccc1C(F)(F)CO)O[C@H]2n1ccc2c(Cl)ncnc21. The average molecular weight is 482 g/mol. The number of alkyl halides is 2. The molecule has 33 heavy (non-hydrogen) atoms. The van der Waals surface area contributed by atoms with Crippen LogP contribution in [0.25, 0.3) is 11.0 Å². The number of benzene rings is 1. The minimum absolute atomic E-state index is 0.0583. The number of aliphatic hydroxyl groups excluding tert-OH is 2. The van der Waals surface area contributed by atoms with Crippen LogP contribution >= 0.6 is 11.6 Å². The molecule has 5 atom stereocenters. The van der Waals surface area contributed by atoms with Gasteiger partial charge in [-0.25, -0.2) is 9.97 Å². The van der Waals surface area contributed by atoms with Crippen LogP contribution in [0.1, 0.15) is 37.3 Å². The summed E-state index contributed by atoms with van der Waals surface area (Å²) in [6.45, 7) is 2.07. The Morgan fingerprint density at radius 1 is 1.18 bits per heavy atom. The van der Waals surface area contributed by atoms with Gasteiger partial charge in [0.1, 0.15) is 48.2 Å². The topological polar surface area (TPSA) is 98.9 Å². The van der Waals surface area contributed by atoms with Gasteiger partial charge in [-0.15, -0.1) is 0 Å². The molecule has 2 aliphatic rings. The minimum atomic E-state index is -3.54. The predicted octanol–water partition coefficient (Wildman–Crippen LogP) is 3.32. The van der Waals surface area contributed by atoms with Gasteiger partial charge in [-0.05, 0) is 25.5 Å². The molecule has 11 heteroatoms. The van der Waals surface area contributed by atoms with Gasteiger partial charge in [0.25, 0.3) is 5.92 Å². The third-order valence-corrected chi connectivity index (χ3v) is 6.28. The highest BCUT2D eigenvalue weighted by atomic mass is 35.5. The lowest BCUT2D eigenvalue weighted by molar-refractivity contribution is -0.207. The van der Waals surface area contributed by atoms with Crippen molar-refractivity contribution in [1.29, 1.82) is 0 Å². The monoisotopic (exact) mass is 481 g/mol. The molecule has 0 radical (unpaired) electrons. The molecule has 2 fully saturated rings. The van der Waals surface area contributed by atoms with Crippen molar-refractivity contribution in [1.82, 2.24) is 14.5 Å². The maximum atomic E-state index is 14.4. The van der Waals surface area contributed by atoms with Crippen LogP contribution in [0.4, 0.5) is 8.78 Å². The fourth-order valence-corrected chi connectivity index (χ4v) is 4.77.